The molecule has 122 valence electrons. The van der Waals surface area contributed by atoms with E-state index in [2.05, 4.69) is 10.2 Å². The van der Waals surface area contributed by atoms with Crippen LogP contribution in [-0.4, -0.2) is 43.6 Å². The number of rotatable bonds is 5. The number of amides is 1. The summed E-state index contributed by atoms with van der Waals surface area (Å²) >= 11 is 6.01. The van der Waals surface area contributed by atoms with Gasteiger partial charge in [-0.3, -0.25) is 4.79 Å². The Kier molecular flexibility index (Phi) is 5.91. The van der Waals surface area contributed by atoms with E-state index in [-0.39, 0.29) is 11.9 Å². The molecular weight excluding hydrogens is 302 g/mol. The summed E-state index contributed by atoms with van der Waals surface area (Å²) in [7, 11) is 1.51. The second-order valence-electron chi connectivity index (χ2n) is 5.81. The fourth-order valence-corrected chi connectivity index (χ4v) is 2.96. The predicted octanol–water partition coefficient (Wildman–Crippen LogP) is 2.54. The number of carbonyl (C=O) groups excluding carboxylic acids is 1. The highest BCUT2D eigenvalue weighted by Gasteiger charge is 2.19. The fraction of sp³-hybridized carbons (Fsp3) is 0.562. The van der Waals surface area contributed by atoms with Gasteiger partial charge < -0.3 is 20.7 Å². The minimum absolute atomic E-state index is 0.0617. The zero-order valence-corrected chi connectivity index (χ0v) is 13.9. The Morgan fingerprint density at radius 1 is 1.41 bits per heavy atom. The summed E-state index contributed by atoms with van der Waals surface area (Å²) in [5.74, 6) is 0.243. The Balaban J connectivity index is 2.00. The van der Waals surface area contributed by atoms with Gasteiger partial charge in [0.25, 0.3) is 5.91 Å². The maximum atomic E-state index is 12.4. The van der Waals surface area contributed by atoms with E-state index in [0.717, 1.165) is 19.6 Å². The molecule has 1 fully saturated rings. The van der Waals surface area contributed by atoms with Gasteiger partial charge >= 0.3 is 0 Å². The number of carbonyl (C=O) groups is 1. The van der Waals surface area contributed by atoms with Gasteiger partial charge in [0, 0.05) is 18.7 Å². The van der Waals surface area contributed by atoms with Gasteiger partial charge in [-0.2, -0.15) is 0 Å². The fourth-order valence-electron chi connectivity index (χ4n) is 2.79. The topological polar surface area (TPSA) is 67.6 Å². The first kappa shape index (κ1) is 16.9. The first-order valence-corrected chi connectivity index (χ1v) is 8.05. The molecule has 0 aromatic heterocycles. The van der Waals surface area contributed by atoms with Crippen molar-refractivity contribution in [3.8, 4) is 5.75 Å². The quantitative estimate of drug-likeness (QED) is 0.816. The normalized spacial score (nSPS) is 17.0. The number of nitrogen functional groups attached to an aromatic ring is 1. The molecule has 1 heterocycles. The van der Waals surface area contributed by atoms with Crippen molar-refractivity contribution in [3.63, 3.8) is 0 Å². The number of anilines is 1. The molecule has 1 saturated heterocycles. The molecule has 0 saturated carbocycles. The van der Waals surface area contributed by atoms with E-state index >= 15 is 0 Å². The molecule has 5 nitrogen and oxygen atoms in total. The SMILES string of the molecule is COc1cc(N)c(Cl)cc1C(=O)NC(C)CN1CCCCC1. The Bertz CT molecular complexity index is 530. The second-order valence-corrected chi connectivity index (χ2v) is 6.22. The molecule has 1 aromatic carbocycles. The number of nitrogens with zero attached hydrogens (tertiary/aromatic N) is 1. The van der Waals surface area contributed by atoms with E-state index in [1.165, 1.54) is 26.4 Å². The lowest BCUT2D eigenvalue weighted by Crippen LogP contribution is -2.43. The zero-order chi connectivity index (χ0) is 16.1. The zero-order valence-electron chi connectivity index (χ0n) is 13.2. The number of nitrogens with one attached hydrogen (secondary N) is 1. The molecule has 1 amide bonds. The van der Waals surface area contributed by atoms with Gasteiger partial charge in [0.1, 0.15) is 5.75 Å². The largest absolute Gasteiger partial charge is 0.496 e. The van der Waals surface area contributed by atoms with Crippen LogP contribution in [0.25, 0.3) is 0 Å². The first-order valence-electron chi connectivity index (χ1n) is 7.67. The van der Waals surface area contributed by atoms with Crippen LogP contribution in [0.4, 0.5) is 5.69 Å². The third-order valence-electron chi connectivity index (χ3n) is 3.92. The van der Waals surface area contributed by atoms with Crippen molar-refractivity contribution in [1.82, 2.24) is 10.2 Å². The van der Waals surface area contributed by atoms with Gasteiger partial charge in [0.2, 0.25) is 0 Å². The number of likely N-dealkylation sites (tertiary alicyclic amines) is 1. The van der Waals surface area contributed by atoms with E-state index in [0.29, 0.717) is 22.0 Å². The van der Waals surface area contributed by atoms with Crippen molar-refractivity contribution in [3.05, 3.63) is 22.7 Å². The Morgan fingerprint density at radius 2 is 2.09 bits per heavy atom. The molecule has 1 aliphatic rings. The number of methoxy groups -OCH3 is 1. The number of hydrogen-bond acceptors (Lipinski definition) is 4. The van der Waals surface area contributed by atoms with Crippen LogP contribution in [0.1, 0.15) is 36.5 Å². The summed E-state index contributed by atoms with van der Waals surface area (Å²) in [6.07, 6.45) is 3.78. The van der Waals surface area contributed by atoms with Crippen molar-refractivity contribution in [2.75, 3.05) is 32.5 Å². The number of benzene rings is 1. The van der Waals surface area contributed by atoms with Crippen LogP contribution in [0.15, 0.2) is 12.1 Å². The van der Waals surface area contributed by atoms with Crippen LogP contribution >= 0.6 is 11.6 Å². The molecule has 1 unspecified atom stereocenters. The third kappa shape index (κ3) is 4.27. The smallest absolute Gasteiger partial charge is 0.255 e. The second kappa shape index (κ2) is 7.70. The maximum Gasteiger partial charge on any atom is 0.255 e. The average Bonchev–Trinajstić information content (AvgIpc) is 2.50. The van der Waals surface area contributed by atoms with Crippen LogP contribution in [0.5, 0.6) is 5.75 Å². The van der Waals surface area contributed by atoms with Gasteiger partial charge in [-0.15, -0.1) is 0 Å². The van der Waals surface area contributed by atoms with Crippen LogP contribution < -0.4 is 15.8 Å². The van der Waals surface area contributed by atoms with Crippen molar-refractivity contribution in [1.29, 1.82) is 0 Å². The molecule has 2 rings (SSSR count). The van der Waals surface area contributed by atoms with Crippen LogP contribution in [-0.2, 0) is 0 Å². The Labute approximate surface area is 136 Å². The first-order chi connectivity index (χ1) is 10.5. The molecule has 1 atom stereocenters. The number of piperidine rings is 1. The van der Waals surface area contributed by atoms with E-state index < -0.39 is 0 Å². The maximum absolute atomic E-state index is 12.4. The number of nitrogens with two attached hydrogens (primary N) is 1. The summed E-state index contributed by atoms with van der Waals surface area (Å²) in [6.45, 7) is 5.09. The van der Waals surface area contributed by atoms with Crippen LogP contribution in [0, 0.1) is 0 Å². The predicted molar refractivity (Wildman–Crippen MR) is 89.6 cm³/mol. The molecule has 0 spiro atoms. The minimum Gasteiger partial charge on any atom is -0.496 e. The standard InChI is InChI=1S/C16H24ClN3O2/c1-11(10-20-6-4-3-5-7-20)19-16(21)12-8-13(17)14(18)9-15(12)22-2/h8-9,11H,3-7,10,18H2,1-2H3,(H,19,21). The number of hydrogen-bond donors (Lipinski definition) is 2. The van der Waals surface area contributed by atoms with Gasteiger partial charge in [-0.1, -0.05) is 18.0 Å². The average molecular weight is 326 g/mol. The molecular formula is C16H24ClN3O2. The van der Waals surface area contributed by atoms with Crippen molar-refractivity contribution in [2.24, 2.45) is 0 Å². The molecule has 22 heavy (non-hydrogen) atoms. The lowest BCUT2D eigenvalue weighted by Gasteiger charge is -2.29. The van der Waals surface area contributed by atoms with Crippen molar-refractivity contribution < 1.29 is 9.53 Å². The summed E-state index contributed by atoms with van der Waals surface area (Å²) in [5.41, 5.74) is 6.55. The Hall–Kier alpha value is -1.46. The highest BCUT2D eigenvalue weighted by molar-refractivity contribution is 6.33. The van der Waals surface area contributed by atoms with Crippen LogP contribution in [0.2, 0.25) is 5.02 Å². The monoisotopic (exact) mass is 325 g/mol. The number of ether oxygens (including phenoxy) is 1. The van der Waals surface area contributed by atoms with E-state index in [1.54, 1.807) is 12.1 Å². The molecule has 1 aromatic rings. The van der Waals surface area contributed by atoms with Crippen LogP contribution in [0.3, 0.4) is 0 Å². The molecule has 1 aliphatic heterocycles. The minimum atomic E-state index is -0.191. The number of halogens is 1. The van der Waals surface area contributed by atoms with E-state index in [4.69, 9.17) is 22.1 Å². The van der Waals surface area contributed by atoms with E-state index in [9.17, 15) is 4.79 Å². The summed E-state index contributed by atoms with van der Waals surface area (Å²) < 4.78 is 5.22. The lowest BCUT2D eigenvalue weighted by atomic mass is 10.1. The van der Waals surface area contributed by atoms with Gasteiger partial charge in [-0.05, 0) is 38.9 Å². The molecule has 0 aliphatic carbocycles. The molecule has 0 radical (unpaired) electrons. The summed E-state index contributed by atoms with van der Waals surface area (Å²) in [5, 5.41) is 3.36. The summed E-state index contributed by atoms with van der Waals surface area (Å²) in [6, 6.07) is 3.19. The van der Waals surface area contributed by atoms with Gasteiger partial charge in [-0.25, -0.2) is 0 Å². The summed E-state index contributed by atoms with van der Waals surface area (Å²) in [4.78, 5) is 14.8. The van der Waals surface area contributed by atoms with Crippen molar-refractivity contribution in [2.45, 2.75) is 32.2 Å². The van der Waals surface area contributed by atoms with Gasteiger partial charge in [0.15, 0.2) is 0 Å². The van der Waals surface area contributed by atoms with Crippen molar-refractivity contribution >= 4 is 23.2 Å². The molecule has 0 bridgehead atoms. The Morgan fingerprint density at radius 3 is 2.73 bits per heavy atom. The van der Waals surface area contributed by atoms with Gasteiger partial charge in [0.05, 0.1) is 23.4 Å². The molecule has 6 heteroatoms. The lowest BCUT2D eigenvalue weighted by molar-refractivity contribution is 0.0922. The third-order valence-corrected chi connectivity index (χ3v) is 4.25. The highest BCUT2D eigenvalue weighted by Crippen LogP contribution is 2.28. The van der Waals surface area contributed by atoms with E-state index in [1.807, 2.05) is 6.92 Å². The molecule has 3 N–H and O–H groups in total. The highest BCUT2D eigenvalue weighted by atomic mass is 35.5.